The lowest BCUT2D eigenvalue weighted by atomic mass is 10.1. The highest BCUT2D eigenvalue weighted by Crippen LogP contribution is 2.35. The standard InChI is InChI=1S/C13H17N3O2/c1-17-12-7-10-9(3-4-14)13-16(5-2-6-18-13)11(10)8-15-12/h7-8H,2-6,14H2,1H3. The topological polar surface area (TPSA) is 62.3 Å². The molecule has 0 aliphatic carbocycles. The number of methoxy groups -OCH3 is 1. The van der Waals surface area contributed by atoms with E-state index in [9.17, 15) is 0 Å². The molecule has 3 heterocycles. The summed E-state index contributed by atoms with van der Waals surface area (Å²) >= 11 is 0. The van der Waals surface area contributed by atoms with Gasteiger partial charge in [0.05, 0.1) is 25.4 Å². The maximum absolute atomic E-state index is 5.80. The van der Waals surface area contributed by atoms with E-state index >= 15 is 0 Å². The molecule has 0 amide bonds. The molecule has 3 rings (SSSR count). The Bertz CT molecular complexity index is 577. The van der Waals surface area contributed by atoms with Crippen molar-refractivity contribution in [1.82, 2.24) is 9.55 Å². The molecule has 18 heavy (non-hydrogen) atoms. The van der Waals surface area contributed by atoms with Gasteiger partial charge in [0.25, 0.3) is 0 Å². The summed E-state index contributed by atoms with van der Waals surface area (Å²) in [5.41, 5.74) is 7.98. The van der Waals surface area contributed by atoms with Gasteiger partial charge in [-0.2, -0.15) is 0 Å². The Morgan fingerprint density at radius 3 is 3.22 bits per heavy atom. The number of aryl methyl sites for hydroxylation is 1. The molecule has 2 N–H and O–H groups in total. The molecule has 5 nitrogen and oxygen atoms in total. The first-order valence-corrected chi connectivity index (χ1v) is 6.23. The molecule has 1 aliphatic heterocycles. The Labute approximate surface area is 106 Å². The van der Waals surface area contributed by atoms with E-state index < -0.39 is 0 Å². The second kappa shape index (κ2) is 4.49. The molecular weight excluding hydrogens is 230 g/mol. The number of nitrogens with zero attached hydrogens (tertiary/aromatic N) is 2. The molecule has 0 aromatic carbocycles. The maximum Gasteiger partial charge on any atom is 0.213 e. The van der Waals surface area contributed by atoms with Crippen LogP contribution >= 0.6 is 0 Å². The normalized spacial score (nSPS) is 14.3. The van der Waals surface area contributed by atoms with E-state index in [1.54, 1.807) is 7.11 Å². The molecule has 0 spiro atoms. The minimum Gasteiger partial charge on any atom is -0.481 e. The van der Waals surface area contributed by atoms with E-state index in [1.165, 1.54) is 5.56 Å². The summed E-state index contributed by atoms with van der Waals surface area (Å²) in [5, 5.41) is 1.14. The minimum absolute atomic E-state index is 0.611. The first-order chi connectivity index (χ1) is 8.85. The highest BCUT2D eigenvalue weighted by atomic mass is 16.5. The van der Waals surface area contributed by atoms with Crippen LogP contribution in [0.2, 0.25) is 0 Å². The minimum atomic E-state index is 0.611. The van der Waals surface area contributed by atoms with Gasteiger partial charge in [-0.05, 0) is 19.4 Å². The van der Waals surface area contributed by atoms with Crippen molar-refractivity contribution < 1.29 is 9.47 Å². The second-order valence-corrected chi connectivity index (χ2v) is 4.42. The number of aromatic nitrogens is 2. The number of fused-ring (bicyclic) bond motifs is 3. The monoisotopic (exact) mass is 247 g/mol. The van der Waals surface area contributed by atoms with Gasteiger partial charge in [0.15, 0.2) is 5.88 Å². The fourth-order valence-corrected chi connectivity index (χ4v) is 2.55. The molecule has 0 saturated carbocycles. The van der Waals surface area contributed by atoms with Crippen molar-refractivity contribution in [1.29, 1.82) is 0 Å². The van der Waals surface area contributed by atoms with Crippen molar-refractivity contribution in [3.8, 4) is 11.8 Å². The molecule has 0 atom stereocenters. The summed E-state index contributed by atoms with van der Waals surface area (Å²) in [4.78, 5) is 4.28. The van der Waals surface area contributed by atoms with Crippen LogP contribution in [0.25, 0.3) is 10.9 Å². The fraction of sp³-hybridized carbons (Fsp3) is 0.462. The first-order valence-electron chi connectivity index (χ1n) is 6.23. The zero-order valence-electron chi connectivity index (χ0n) is 10.5. The van der Waals surface area contributed by atoms with Gasteiger partial charge < -0.3 is 19.8 Å². The lowest BCUT2D eigenvalue weighted by Crippen LogP contribution is -2.15. The van der Waals surface area contributed by atoms with Gasteiger partial charge in [-0.25, -0.2) is 4.98 Å². The summed E-state index contributed by atoms with van der Waals surface area (Å²) in [5.74, 6) is 1.58. The molecule has 1 aliphatic rings. The largest absolute Gasteiger partial charge is 0.481 e. The third-order valence-electron chi connectivity index (χ3n) is 3.35. The Morgan fingerprint density at radius 2 is 2.44 bits per heavy atom. The van der Waals surface area contributed by atoms with Gasteiger partial charge in [-0.15, -0.1) is 0 Å². The highest BCUT2D eigenvalue weighted by molar-refractivity contribution is 5.87. The predicted octanol–water partition coefficient (Wildman–Crippen LogP) is 1.33. The van der Waals surface area contributed by atoms with Crippen molar-refractivity contribution in [2.75, 3.05) is 20.3 Å². The molecule has 96 valence electrons. The van der Waals surface area contributed by atoms with Crippen LogP contribution in [0.3, 0.4) is 0 Å². The van der Waals surface area contributed by atoms with E-state index in [4.69, 9.17) is 15.2 Å². The molecule has 0 fully saturated rings. The molecule has 0 unspecified atom stereocenters. The second-order valence-electron chi connectivity index (χ2n) is 4.42. The third-order valence-corrected chi connectivity index (χ3v) is 3.35. The number of nitrogens with two attached hydrogens (primary N) is 1. The van der Waals surface area contributed by atoms with Crippen LogP contribution in [0.5, 0.6) is 11.8 Å². The van der Waals surface area contributed by atoms with Crippen molar-refractivity contribution in [3.63, 3.8) is 0 Å². The van der Waals surface area contributed by atoms with E-state index in [0.717, 1.165) is 42.8 Å². The van der Waals surface area contributed by atoms with Crippen LogP contribution in [0.4, 0.5) is 0 Å². The number of rotatable bonds is 3. The zero-order chi connectivity index (χ0) is 12.5. The molecule has 0 saturated heterocycles. The van der Waals surface area contributed by atoms with Gasteiger partial charge in [0, 0.05) is 23.6 Å². The predicted molar refractivity (Wildman–Crippen MR) is 69.2 cm³/mol. The maximum atomic E-state index is 5.80. The smallest absolute Gasteiger partial charge is 0.213 e. The molecule has 2 aromatic rings. The van der Waals surface area contributed by atoms with Crippen molar-refractivity contribution in [2.24, 2.45) is 5.73 Å². The molecule has 2 aromatic heterocycles. The number of ether oxygens (including phenoxy) is 2. The van der Waals surface area contributed by atoms with Gasteiger partial charge in [0.1, 0.15) is 0 Å². The highest BCUT2D eigenvalue weighted by Gasteiger charge is 2.21. The number of pyridine rings is 1. The quantitative estimate of drug-likeness (QED) is 0.888. The average molecular weight is 247 g/mol. The molecule has 5 heteroatoms. The Kier molecular flexibility index (Phi) is 2.83. The van der Waals surface area contributed by atoms with Gasteiger partial charge in [0.2, 0.25) is 5.88 Å². The van der Waals surface area contributed by atoms with Crippen molar-refractivity contribution in [3.05, 3.63) is 17.8 Å². The Balaban J connectivity index is 2.25. The summed E-state index contributed by atoms with van der Waals surface area (Å²) in [6, 6.07) is 1.97. The molecular formula is C13H17N3O2. The number of hydrogen-bond donors (Lipinski definition) is 1. The third kappa shape index (κ3) is 1.62. The van der Waals surface area contributed by atoms with Gasteiger partial charge in [-0.1, -0.05) is 0 Å². The van der Waals surface area contributed by atoms with Crippen LogP contribution < -0.4 is 15.2 Å². The van der Waals surface area contributed by atoms with Crippen molar-refractivity contribution in [2.45, 2.75) is 19.4 Å². The average Bonchev–Trinajstić information content (AvgIpc) is 2.73. The van der Waals surface area contributed by atoms with Gasteiger partial charge in [-0.3, -0.25) is 0 Å². The van der Waals surface area contributed by atoms with E-state index in [0.29, 0.717) is 12.4 Å². The first kappa shape index (κ1) is 11.3. The summed E-state index contributed by atoms with van der Waals surface area (Å²) < 4.78 is 13.2. The Hall–Kier alpha value is -1.75. The van der Waals surface area contributed by atoms with Gasteiger partial charge >= 0.3 is 0 Å². The van der Waals surface area contributed by atoms with Crippen LogP contribution in [0.1, 0.15) is 12.0 Å². The molecule has 0 radical (unpaired) electrons. The zero-order valence-corrected chi connectivity index (χ0v) is 10.5. The Morgan fingerprint density at radius 1 is 1.56 bits per heavy atom. The lowest BCUT2D eigenvalue weighted by Gasteiger charge is -2.18. The van der Waals surface area contributed by atoms with Crippen LogP contribution in [0, 0.1) is 0 Å². The summed E-state index contributed by atoms with van der Waals surface area (Å²) in [6.07, 6.45) is 3.70. The molecule has 0 bridgehead atoms. The van der Waals surface area contributed by atoms with Crippen molar-refractivity contribution >= 4 is 10.9 Å². The lowest BCUT2D eigenvalue weighted by molar-refractivity contribution is 0.242. The van der Waals surface area contributed by atoms with Crippen LogP contribution in [0.15, 0.2) is 12.3 Å². The fourth-order valence-electron chi connectivity index (χ4n) is 2.55. The van der Waals surface area contributed by atoms with E-state index in [2.05, 4.69) is 9.55 Å². The SMILES string of the molecule is COc1cc2c(CCN)c3n(c2cn1)CCCO3. The number of hydrogen-bond acceptors (Lipinski definition) is 4. The summed E-state index contributed by atoms with van der Waals surface area (Å²) in [7, 11) is 1.63. The van der Waals surface area contributed by atoms with E-state index in [1.807, 2.05) is 12.3 Å². The van der Waals surface area contributed by atoms with Crippen LogP contribution in [-0.2, 0) is 13.0 Å². The summed E-state index contributed by atoms with van der Waals surface area (Å²) in [6.45, 7) is 2.36. The van der Waals surface area contributed by atoms with E-state index in [-0.39, 0.29) is 0 Å². The van der Waals surface area contributed by atoms with Crippen LogP contribution in [-0.4, -0.2) is 29.8 Å².